The van der Waals surface area contributed by atoms with Crippen molar-refractivity contribution in [3.63, 3.8) is 0 Å². The molecule has 0 heterocycles. The Labute approximate surface area is 56.0 Å². The molecular formula is C8H12O. The van der Waals surface area contributed by atoms with E-state index in [2.05, 4.69) is 12.2 Å². The lowest BCUT2D eigenvalue weighted by molar-refractivity contribution is 0.276. The third-order valence-corrected chi connectivity index (χ3v) is 1.47. The third-order valence-electron chi connectivity index (χ3n) is 1.47. The molecule has 0 unspecified atom stereocenters. The van der Waals surface area contributed by atoms with Gasteiger partial charge < -0.3 is 4.74 Å². The Balaban J connectivity index is 2.49. The standard InChI is InChI=1S/C8H12O/c1-9-8-6-4-2-3-5-7-8/h2,4,6H,3,5,7H2,1H3. The van der Waals surface area contributed by atoms with Crippen molar-refractivity contribution in [3.8, 4) is 0 Å². The van der Waals surface area contributed by atoms with E-state index in [0.29, 0.717) is 0 Å². The number of ether oxygens (including phenoxy) is 1. The first kappa shape index (κ1) is 6.40. The van der Waals surface area contributed by atoms with Crippen LogP contribution in [0.2, 0.25) is 0 Å². The molecule has 1 aliphatic carbocycles. The van der Waals surface area contributed by atoms with Gasteiger partial charge >= 0.3 is 0 Å². The van der Waals surface area contributed by atoms with Crippen molar-refractivity contribution in [3.05, 3.63) is 24.0 Å². The van der Waals surface area contributed by atoms with E-state index in [-0.39, 0.29) is 0 Å². The fourth-order valence-electron chi connectivity index (χ4n) is 0.919. The van der Waals surface area contributed by atoms with Gasteiger partial charge in [0, 0.05) is 6.42 Å². The topological polar surface area (TPSA) is 9.23 Å². The highest BCUT2D eigenvalue weighted by Gasteiger charge is 1.95. The van der Waals surface area contributed by atoms with Crippen LogP contribution in [-0.4, -0.2) is 7.11 Å². The van der Waals surface area contributed by atoms with Gasteiger partial charge in [-0.2, -0.15) is 0 Å². The third kappa shape index (κ3) is 1.92. The van der Waals surface area contributed by atoms with Gasteiger partial charge in [-0.1, -0.05) is 12.2 Å². The molecule has 0 radical (unpaired) electrons. The molecule has 0 atom stereocenters. The molecule has 0 aliphatic heterocycles. The van der Waals surface area contributed by atoms with Crippen LogP contribution < -0.4 is 0 Å². The van der Waals surface area contributed by atoms with Crippen LogP contribution in [0, 0.1) is 0 Å². The number of rotatable bonds is 1. The zero-order chi connectivity index (χ0) is 6.53. The first-order valence-electron chi connectivity index (χ1n) is 3.33. The average molecular weight is 124 g/mol. The second-order valence-electron chi connectivity index (χ2n) is 2.16. The van der Waals surface area contributed by atoms with Crippen LogP contribution in [-0.2, 0) is 4.74 Å². The summed E-state index contributed by atoms with van der Waals surface area (Å²) in [4.78, 5) is 0. The Hall–Kier alpha value is -0.720. The van der Waals surface area contributed by atoms with E-state index in [4.69, 9.17) is 4.74 Å². The Morgan fingerprint density at radius 1 is 1.56 bits per heavy atom. The van der Waals surface area contributed by atoms with Gasteiger partial charge in [0.15, 0.2) is 0 Å². The minimum absolute atomic E-state index is 1.09. The second-order valence-corrected chi connectivity index (χ2v) is 2.16. The van der Waals surface area contributed by atoms with Gasteiger partial charge in [-0.15, -0.1) is 0 Å². The van der Waals surface area contributed by atoms with Crippen molar-refractivity contribution >= 4 is 0 Å². The van der Waals surface area contributed by atoms with Gasteiger partial charge in [0.2, 0.25) is 0 Å². The summed E-state index contributed by atoms with van der Waals surface area (Å²) >= 11 is 0. The van der Waals surface area contributed by atoms with E-state index in [1.807, 2.05) is 6.08 Å². The Bertz CT molecular complexity index is 134. The van der Waals surface area contributed by atoms with Crippen LogP contribution in [0.4, 0.5) is 0 Å². The van der Waals surface area contributed by atoms with Crippen molar-refractivity contribution < 1.29 is 4.74 Å². The molecule has 1 heteroatoms. The van der Waals surface area contributed by atoms with E-state index < -0.39 is 0 Å². The Morgan fingerprint density at radius 3 is 3.22 bits per heavy atom. The van der Waals surface area contributed by atoms with Gasteiger partial charge in [0.05, 0.1) is 12.9 Å². The molecule has 1 aliphatic rings. The van der Waals surface area contributed by atoms with Crippen molar-refractivity contribution in [1.29, 1.82) is 0 Å². The van der Waals surface area contributed by atoms with Gasteiger partial charge in [-0.25, -0.2) is 0 Å². The van der Waals surface area contributed by atoms with Crippen LogP contribution in [0.25, 0.3) is 0 Å². The summed E-state index contributed by atoms with van der Waals surface area (Å²) in [6.45, 7) is 0. The number of allylic oxidation sites excluding steroid dienone is 4. The van der Waals surface area contributed by atoms with Gasteiger partial charge in [0.25, 0.3) is 0 Å². The SMILES string of the molecule is COC1=CC=CCCC1. The van der Waals surface area contributed by atoms with Crippen molar-refractivity contribution in [2.45, 2.75) is 19.3 Å². The lowest BCUT2D eigenvalue weighted by atomic mass is 10.2. The van der Waals surface area contributed by atoms with E-state index >= 15 is 0 Å². The highest BCUT2D eigenvalue weighted by Crippen LogP contribution is 2.11. The molecule has 50 valence electrons. The van der Waals surface area contributed by atoms with Gasteiger partial charge in [-0.05, 0) is 18.9 Å². The number of hydrogen-bond acceptors (Lipinski definition) is 1. The van der Waals surface area contributed by atoms with Gasteiger partial charge in [-0.3, -0.25) is 0 Å². The average Bonchev–Trinajstić information content (AvgIpc) is 2.13. The normalized spacial score (nSPS) is 18.6. The van der Waals surface area contributed by atoms with Crippen LogP contribution in [0.1, 0.15) is 19.3 Å². The fourth-order valence-corrected chi connectivity index (χ4v) is 0.919. The summed E-state index contributed by atoms with van der Waals surface area (Å²) in [6.07, 6.45) is 9.76. The minimum atomic E-state index is 1.09. The first-order chi connectivity index (χ1) is 4.43. The molecule has 0 aromatic heterocycles. The smallest absolute Gasteiger partial charge is 0.0955 e. The molecule has 0 aromatic carbocycles. The van der Waals surface area contributed by atoms with E-state index in [1.165, 1.54) is 12.8 Å². The number of hydrogen-bond donors (Lipinski definition) is 0. The summed E-state index contributed by atoms with van der Waals surface area (Å²) in [6, 6.07) is 0. The summed E-state index contributed by atoms with van der Waals surface area (Å²) < 4.78 is 5.08. The maximum Gasteiger partial charge on any atom is 0.0955 e. The lowest BCUT2D eigenvalue weighted by Crippen LogP contribution is -1.83. The van der Waals surface area contributed by atoms with E-state index in [1.54, 1.807) is 7.11 Å². The quantitative estimate of drug-likeness (QED) is 0.521. The van der Waals surface area contributed by atoms with Gasteiger partial charge in [0.1, 0.15) is 0 Å². The molecule has 0 spiro atoms. The molecular weight excluding hydrogens is 112 g/mol. The zero-order valence-corrected chi connectivity index (χ0v) is 5.76. The van der Waals surface area contributed by atoms with E-state index in [0.717, 1.165) is 12.2 Å². The molecule has 1 rings (SSSR count). The summed E-state index contributed by atoms with van der Waals surface area (Å²) in [5.74, 6) is 1.10. The van der Waals surface area contributed by atoms with Crippen LogP contribution in [0.5, 0.6) is 0 Å². The van der Waals surface area contributed by atoms with Crippen LogP contribution in [0.15, 0.2) is 24.0 Å². The van der Waals surface area contributed by atoms with Crippen LogP contribution >= 0.6 is 0 Å². The van der Waals surface area contributed by atoms with Crippen molar-refractivity contribution in [1.82, 2.24) is 0 Å². The molecule has 0 N–H and O–H groups in total. The highest BCUT2D eigenvalue weighted by atomic mass is 16.5. The maximum absolute atomic E-state index is 5.08. The largest absolute Gasteiger partial charge is 0.501 e. The molecule has 0 aromatic rings. The summed E-state index contributed by atoms with van der Waals surface area (Å²) in [5, 5.41) is 0. The molecule has 0 amide bonds. The fraction of sp³-hybridized carbons (Fsp3) is 0.500. The van der Waals surface area contributed by atoms with Crippen molar-refractivity contribution in [2.75, 3.05) is 7.11 Å². The zero-order valence-electron chi connectivity index (χ0n) is 5.76. The predicted molar refractivity (Wildman–Crippen MR) is 38.1 cm³/mol. The molecule has 9 heavy (non-hydrogen) atoms. The van der Waals surface area contributed by atoms with Crippen LogP contribution in [0.3, 0.4) is 0 Å². The molecule has 0 bridgehead atoms. The minimum Gasteiger partial charge on any atom is -0.501 e. The molecule has 0 fully saturated rings. The Kier molecular flexibility index (Phi) is 2.37. The summed E-state index contributed by atoms with van der Waals surface area (Å²) in [7, 11) is 1.73. The maximum atomic E-state index is 5.08. The lowest BCUT2D eigenvalue weighted by Gasteiger charge is -2.00. The monoisotopic (exact) mass is 124 g/mol. The molecule has 0 saturated heterocycles. The second kappa shape index (κ2) is 3.33. The molecule has 1 nitrogen and oxygen atoms in total. The van der Waals surface area contributed by atoms with E-state index in [9.17, 15) is 0 Å². The first-order valence-corrected chi connectivity index (χ1v) is 3.33. The number of methoxy groups -OCH3 is 1. The summed E-state index contributed by atoms with van der Waals surface area (Å²) in [5.41, 5.74) is 0. The van der Waals surface area contributed by atoms with Crippen molar-refractivity contribution in [2.24, 2.45) is 0 Å². The molecule has 0 saturated carbocycles. The predicted octanol–water partition coefficient (Wildman–Crippen LogP) is 2.26. The highest BCUT2D eigenvalue weighted by molar-refractivity contribution is 5.10. The Morgan fingerprint density at radius 2 is 2.44 bits per heavy atom.